The van der Waals surface area contributed by atoms with E-state index in [9.17, 15) is 4.79 Å². The molecule has 0 aliphatic rings. The number of carbonyl (C=O) groups is 1. The second kappa shape index (κ2) is 6.25. The Bertz CT molecular complexity index is 921. The number of benzene rings is 2. The van der Waals surface area contributed by atoms with E-state index in [1.54, 1.807) is 18.2 Å². The molecule has 2 aromatic carbocycles. The van der Waals surface area contributed by atoms with Gasteiger partial charge in [-0.2, -0.15) is 0 Å². The smallest absolute Gasteiger partial charge is 0.276 e. The third-order valence-corrected chi connectivity index (χ3v) is 3.85. The first-order valence-electron chi connectivity index (χ1n) is 7.13. The Labute approximate surface area is 143 Å². The lowest BCUT2D eigenvalue weighted by molar-refractivity contribution is 0.0864. The van der Waals surface area contributed by atoms with Crippen molar-refractivity contribution in [1.29, 1.82) is 5.41 Å². The van der Waals surface area contributed by atoms with E-state index >= 15 is 0 Å². The Balaban J connectivity index is 1.96. The van der Waals surface area contributed by atoms with Crippen LogP contribution in [0.1, 0.15) is 10.5 Å². The van der Waals surface area contributed by atoms with Crippen LogP contribution in [0.5, 0.6) is 11.5 Å². The van der Waals surface area contributed by atoms with Crippen molar-refractivity contribution in [2.24, 2.45) is 5.73 Å². The van der Waals surface area contributed by atoms with Crippen LogP contribution in [-0.2, 0) is 0 Å². The summed E-state index contributed by atoms with van der Waals surface area (Å²) in [5.74, 6) is 0.490. The fraction of sp³-hybridized carbons (Fsp3) is 0.0588. The first-order chi connectivity index (χ1) is 11.5. The lowest BCUT2D eigenvalue weighted by Crippen LogP contribution is -2.38. The molecule has 1 heterocycles. The molecule has 122 valence electrons. The van der Waals surface area contributed by atoms with Crippen LogP contribution in [0.25, 0.3) is 10.9 Å². The maximum Gasteiger partial charge on any atom is 0.276 e. The summed E-state index contributed by atoms with van der Waals surface area (Å²) < 4.78 is 5.77. The number of nitrogens with two attached hydrogens (primary N) is 1. The Morgan fingerprint density at radius 2 is 1.92 bits per heavy atom. The van der Waals surface area contributed by atoms with Crippen molar-refractivity contribution in [2.75, 3.05) is 7.05 Å². The number of halogens is 1. The topological polar surface area (TPSA) is 95.2 Å². The van der Waals surface area contributed by atoms with Gasteiger partial charge in [0.2, 0.25) is 0 Å². The molecule has 0 radical (unpaired) electrons. The summed E-state index contributed by atoms with van der Waals surface area (Å²) in [4.78, 5) is 16.3. The van der Waals surface area contributed by atoms with Crippen molar-refractivity contribution in [1.82, 2.24) is 9.88 Å². The fourth-order valence-electron chi connectivity index (χ4n) is 2.26. The Hall–Kier alpha value is -2.99. The van der Waals surface area contributed by atoms with E-state index in [1.165, 1.54) is 7.05 Å². The quantitative estimate of drug-likeness (QED) is 0.501. The monoisotopic (exact) mass is 342 g/mol. The van der Waals surface area contributed by atoms with Gasteiger partial charge in [-0.1, -0.05) is 29.8 Å². The molecule has 4 N–H and O–H groups in total. The van der Waals surface area contributed by atoms with E-state index < -0.39 is 5.91 Å². The van der Waals surface area contributed by atoms with Crippen molar-refractivity contribution < 1.29 is 9.53 Å². The molecule has 6 nitrogen and oxygen atoms in total. The fourth-order valence-corrected chi connectivity index (χ4v) is 2.52. The summed E-state index contributed by atoms with van der Waals surface area (Å²) in [6.45, 7) is 0. The highest BCUT2D eigenvalue weighted by Gasteiger charge is 2.17. The first kappa shape index (κ1) is 15.9. The zero-order valence-electron chi connectivity index (χ0n) is 12.8. The van der Waals surface area contributed by atoms with Crippen LogP contribution in [0.2, 0.25) is 5.02 Å². The summed E-state index contributed by atoms with van der Waals surface area (Å²) in [6, 6.07) is 14.4. The highest BCUT2D eigenvalue weighted by molar-refractivity contribution is 6.35. The van der Waals surface area contributed by atoms with Gasteiger partial charge in [-0.25, -0.2) is 0 Å². The van der Waals surface area contributed by atoms with Crippen LogP contribution < -0.4 is 10.5 Å². The molecular formula is C17H15ClN4O2. The second-order valence-corrected chi connectivity index (χ2v) is 5.62. The maximum absolute atomic E-state index is 12.2. The number of guanidine groups is 1. The molecule has 0 spiro atoms. The van der Waals surface area contributed by atoms with Gasteiger partial charge in [-0.15, -0.1) is 0 Å². The lowest BCUT2D eigenvalue weighted by atomic mass is 10.2. The van der Waals surface area contributed by atoms with Crippen molar-refractivity contribution in [3.8, 4) is 11.5 Å². The molecule has 0 saturated heterocycles. The Morgan fingerprint density at radius 3 is 2.58 bits per heavy atom. The van der Waals surface area contributed by atoms with Crippen LogP contribution in [0.3, 0.4) is 0 Å². The van der Waals surface area contributed by atoms with Crippen LogP contribution in [-0.4, -0.2) is 28.8 Å². The van der Waals surface area contributed by atoms with E-state index in [0.29, 0.717) is 33.1 Å². The minimum absolute atomic E-state index is 0.293. The number of ether oxygens (including phenoxy) is 1. The molecule has 0 fully saturated rings. The molecule has 3 rings (SSSR count). The van der Waals surface area contributed by atoms with Gasteiger partial charge in [-0.3, -0.25) is 15.1 Å². The molecule has 0 bridgehead atoms. The van der Waals surface area contributed by atoms with Gasteiger partial charge in [0.15, 0.2) is 5.96 Å². The number of carbonyl (C=O) groups excluding carboxylic acids is 1. The third-order valence-electron chi connectivity index (χ3n) is 3.54. The van der Waals surface area contributed by atoms with E-state index in [4.69, 9.17) is 27.5 Å². The van der Waals surface area contributed by atoms with Gasteiger partial charge < -0.3 is 15.5 Å². The predicted octanol–water partition coefficient (Wildman–Crippen LogP) is 3.58. The largest absolute Gasteiger partial charge is 0.457 e. The number of rotatable bonds is 3. The lowest BCUT2D eigenvalue weighted by Gasteiger charge is -2.12. The van der Waals surface area contributed by atoms with E-state index in [-0.39, 0.29) is 5.96 Å². The molecule has 0 aliphatic carbocycles. The molecule has 0 unspecified atom stereocenters. The highest BCUT2D eigenvalue weighted by Crippen LogP contribution is 2.32. The average molecular weight is 343 g/mol. The standard InChI is InChI=1S/C17H15ClN4O2/c1-22(17(19)20)16(23)15-9-12-13(18)7-11(8-14(12)21-15)24-10-5-3-2-4-6-10/h2-9,21H,1H3,(H3,19,20). The number of hydrogen-bond acceptors (Lipinski definition) is 3. The van der Waals surface area contributed by atoms with E-state index in [0.717, 1.165) is 4.90 Å². The zero-order chi connectivity index (χ0) is 17.3. The third kappa shape index (κ3) is 3.04. The summed E-state index contributed by atoms with van der Waals surface area (Å²) in [5.41, 5.74) is 6.29. The average Bonchev–Trinajstić information content (AvgIpc) is 2.99. The Morgan fingerprint density at radius 1 is 1.21 bits per heavy atom. The molecule has 1 amide bonds. The molecule has 7 heteroatoms. The normalized spacial score (nSPS) is 10.6. The summed E-state index contributed by atoms with van der Waals surface area (Å²) in [5, 5.41) is 8.49. The molecular weight excluding hydrogens is 328 g/mol. The van der Waals surface area contributed by atoms with Gasteiger partial charge in [0, 0.05) is 24.6 Å². The molecule has 3 aromatic rings. The van der Waals surface area contributed by atoms with Crippen molar-refractivity contribution >= 4 is 34.4 Å². The minimum atomic E-state index is -0.416. The van der Waals surface area contributed by atoms with Crippen molar-refractivity contribution in [3.05, 3.63) is 59.2 Å². The van der Waals surface area contributed by atoms with Gasteiger partial charge >= 0.3 is 0 Å². The Kier molecular flexibility index (Phi) is 4.14. The van der Waals surface area contributed by atoms with Gasteiger partial charge in [-0.05, 0) is 18.2 Å². The summed E-state index contributed by atoms with van der Waals surface area (Å²) >= 11 is 6.30. The predicted molar refractivity (Wildman–Crippen MR) is 93.8 cm³/mol. The number of aromatic nitrogens is 1. The number of aromatic amines is 1. The summed E-state index contributed by atoms with van der Waals surface area (Å²) in [6.07, 6.45) is 0. The van der Waals surface area contributed by atoms with Crippen LogP contribution in [0.4, 0.5) is 0 Å². The minimum Gasteiger partial charge on any atom is -0.457 e. The zero-order valence-corrected chi connectivity index (χ0v) is 13.6. The van der Waals surface area contributed by atoms with Crippen LogP contribution in [0, 0.1) is 5.41 Å². The molecule has 1 aromatic heterocycles. The number of nitrogens with one attached hydrogen (secondary N) is 2. The van der Waals surface area contributed by atoms with Crippen molar-refractivity contribution in [2.45, 2.75) is 0 Å². The molecule has 0 saturated carbocycles. The molecule has 0 atom stereocenters. The van der Waals surface area contributed by atoms with Gasteiger partial charge in [0.1, 0.15) is 17.2 Å². The number of H-pyrrole nitrogens is 1. The molecule has 24 heavy (non-hydrogen) atoms. The second-order valence-electron chi connectivity index (χ2n) is 5.21. The maximum atomic E-state index is 12.2. The van der Waals surface area contributed by atoms with Gasteiger partial charge in [0.05, 0.1) is 10.5 Å². The first-order valence-corrected chi connectivity index (χ1v) is 7.51. The van der Waals surface area contributed by atoms with Crippen LogP contribution >= 0.6 is 11.6 Å². The number of nitrogens with zero attached hydrogens (tertiary/aromatic N) is 1. The molecule has 0 aliphatic heterocycles. The highest BCUT2D eigenvalue weighted by atomic mass is 35.5. The summed E-state index contributed by atoms with van der Waals surface area (Å²) in [7, 11) is 1.43. The number of amides is 1. The van der Waals surface area contributed by atoms with E-state index in [1.807, 2.05) is 30.3 Å². The number of hydrogen-bond donors (Lipinski definition) is 3. The van der Waals surface area contributed by atoms with Gasteiger partial charge in [0.25, 0.3) is 5.91 Å². The number of fused-ring (bicyclic) bond motifs is 1. The number of para-hydroxylation sites is 1. The van der Waals surface area contributed by atoms with Crippen LogP contribution in [0.15, 0.2) is 48.5 Å². The van der Waals surface area contributed by atoms with E-state index in [2.05, 4.69) is 4.98 Å². The SMILES string of the molecule is CN(C(=N)N)C(=O)c1cc2c(Cl)cc(Oc3ccccc3)cc2[nH]1. The van der Waals surface area contributed by atoms with Crippen molar-refractivity contribution in [3.63, 3.8) is 0 Å².